The lowest BCUT2D eigenvalue weighted by Gasteiger charge is -2.26. The Hall–Kier alpha value is -1.14. The van der Waals surface area contributed by atoms with Gasteiger partial charge in [-0.25, -0.2) is 0 Å². The minimum absolute atomic E-state index is 0.0131. The fraction of sp³-hybridized carbons (Fsp3) is 0.818. The van der Waals surface area contributed by atoms with E-state index in [0.717, 1.165) is 13.1 Å². The number of rotatable bonds is 3. The van der Waals surface area contributed by atoms with Crippen molar-refractivity contribution in [2.45, 2.75) is 18.9 Å². The molecule has 17 heavy (non-hydrogen) atoms. The van der Waals surface area contributed by atoms with E-state index in [1.807, 2.05) is 0 Å². The zero-order valence-corrected chi connectivity index (χ0v) is 9.83. The molecular weight excluding hydrogens is 222 g/mol. The van der Waals surface area contributed by atoms with Crippen molar-refractivity contribution in [3.63, 3.8) is 0 Å². The van der Waals surface area contributed by atoms with E-state index in [2.05, 4.69) is 16.0 Å². The number of piperidine rings is 1. The molecule has 2 aliphatic heterocycles. The molecule has 0 aromatic carbocycles. The summed E-state index contributed by atoms with van der Waals surface area (Å²) in [6.07, 6.45) is 1.15. The second kappa shape index (κ2) is 5.97. The van der Waals surface area contributed by atoms with Gasteiger partial charge in [0.05, 0.1) is 18.6 Å². The number of morpholine rings is 1. The summed E-state index contributed by atoms with van der Waals surface area (Å²) in [6.45, 7) is 3.34. The molecule has 2 aliphatic rings. The maximum absolute atomic E-state index is 11.8. The standard InChI is InChI=1S/C11H19N3O3/c15-10-2-1-8(5-13-10)11(16)14-7-9-6-12-3-4-17-9/h8-9,12H,1-7H2,(H,13,15)(H,14,16). The summed E-state index contributed by atoms with van der Waals surface area (Å²) in [5, 5.41) is 8.80. The number of nitrogens with one attached hydrogen (secondary N) is 3. The molecule has 96 valence electrons. The highest BCUT2D eigenvalue weighted by molar-refractivity contribution is 5.83. The molecule has 0 aliphatic carbocycles. The zero-order chi connectivity index (χ0) is 12.1. The van der Waals surface area contributed by atoms with Gasteiger partial charge in [-0.2, -0.15) is 0 Å². The Balaban J connectivity index is 1.67. The average Bonchev–Trinajstić information content (AvgIpc) is 2.38. The Morgan fingerprint density at radius 1 is 1.47 bits per heavy atom. The molecule has 2 saturated heterocycles. The Labute approximate surface area is 100 Å². The highest BCUT2D eigenvalue weighted by atomic mass is 16.5. The van der Waals surface area contributed by atoms with Crippen molar-refractivity contribution in [1.29, 1.82) is 0 Å². The number of hydrogen-bond acceptors (Lipinski definition) is 4. The third-order valence-electron chi connectivity index (χ3n) is 3.14. The number of carbonyl (C=O) groups is 2. The van der Waals surface area contributed by atoms with E-state index in [0.29, 0.717) is 32.5 Å². The molecule has 6 nitrogen and oxygen atoms in total. The molecule has 3 N–H and O–H groups in total. The molecule has 2 amide bonds. The molecule has 2 rings (SSSR count). The predicted octanol–water partition coefficient (Wildman–Crippen LogP) is -1.38. The van der Waals surface area contributed by atoms with Crippen LogP contribution in [0.3, 0.4) is 0 Å². The minimum Gasteiger partial charge on any atom is -0.374 e. The van der Waals surface area contributed by atoms with E-state index in [4.69, 9.17) is 4.74 Å². The number of carbonyl (C=O) groups excluding carboxylic acids is 2. The second-order valence-electron chi connectivity index (χ2n) is 4.48. The van der Waals surface area contributed by atoms with Crippen LogP contribution < -0.4 is 16.0 Å². The Bertz CT molecular complexity index is 280. The zero-order valence-electron chi connectivity index (χ0n) is 9.83. The average molecular weight is 241 g/mol. The van der Waals surface area contributed by atoms with Crippen LogP contribution >= 0.6 is 0 Å². The normalized spacial score (nSPS) is 29.5. The van der Waals surface area contributed by atoms with Crippen LogP contribution in [-0.2, 0) is 14.3 Å². The van der Waals surface area contributed by atoms with Gasteiger partial charge in [0.2, 0.25) is 11.8 Å². The molecule has 0 saturated carbocycles. The monoisotopic (exact) mass is 241 g/mol. The van der Waals surface area contributed by atoms with Crippen LogP contribution in [0.4, 0.5) is 0 Å². The molecule has 0 bridgehead atoms. The lowest BCUT2D eigenvalue weighted by Crippen LogP contribution is -2.48. The first-order chi connectivity index (χ1) is 8.25. The van der Waals surface area contributed by atoms with E-state index >= 15 is 0 Å². The first-order valence-electron chi connectivity index (χ1n) is 6.12. The van der Waals surface area contributed by atoms with Gasteiger partial charge >= 0.3 is 0 Å². The van der Waals surface area contributed by atoms with Gasteiger partial charge in [0.15, 0.2) is 0 Å². The van der Waals surface area contributed by atoms with Crippen molar-refractivity contribution in [2.24, 2.45) is 5.92 Å². The van der Waals surface area contributed by atoms with Crippen LogP contribution in [0, 0.1) is 5.92 Å². The van der Waals surface area contributed by atoms with E-state index in [9.17, 15) is 9.59 Å². The van der Waals surface area contributed by atoms with Crippen LogP contribution in [0.2, 0.25) is 0 Å². The smallest absolute Gasteiger partial charge is 0.224 e. The predicted molar refractivity (Wildman–Crippen MR) is 61.4 cm³/mol. The summed E-state index contributed by atoms with van der Waals surface area (Å²) < 4.78 is 5.49. The van der Waals surface area contributed by atoms with Crippen molar-refractivity contribution in [3.05, 3.63) is 0 Å². The van der Waals surface area contributed by atoms with Crippen molar-refractivity contribution in [3.8, 4) is 0 Å². The highest BCUT2D eigenvalue weighted by Gasteiger charge is 2.25. The lowest BCUT2D eigenvalue weighted by molar-refractivity contribution is -0.129. The largest absolute Gasteiger partial charge is 0.374 e. The number of ether oxygens (including phenoxy) is 1. The van der Waals surface area contributed by atoms with Crippen LogP contribution in [0.25, 0.3) is 0 Å². The molecule has 2 unspecified atom stereocenters. The first kappa shape index (κ1) is 12.3. The van der Waals surface area contributed by atoms with Crippen LogP contribution in [0.1, 0.15) is 12.8 Å². The fourth-order valence-corrected chi connectivity index (χ4v) is 2.07. The quantitative estimate of drug-likeness (QED) is 0.569. The van der Waals surface area contributed by atoms with E-state index in [1.54, 1.807) is 0 Å². The molecule has 2 heterocycles. The third-order valence-corrected chi connectivity index (χ3v) is 3.14. The maximum atomic E-state index is 11.8. The molecule has 2 fully saturated rings. The molecule has 6 heteroatoms. The van der Waals surface area contributed by atoms with E-state index < -0.39 is 0 Å². The molecular formula is C11H19N3O3. The van der Waals surface area contributed by atoms with Crippen molar-refractivity contribution in [2.75, 3.05) is 32.8 Å². The topological polar surface area (TPSA) is 79.5 Å². The van der Waals surface area contributed by atoms with Gasteiger partial charge in [-0.3, -0.25) is 9.59 Å². The Morgan fingerprint density at radius 3 is 3.00 bits per heavy atom. The van der Waals surface area contributed by atoms with Gasteiger partial charge in [0.25, 0.3) is 0 Å². The van der Waals surface area contributed by atoms with E-state index in [-0.39, 0.29) is 23.8 Å². The molecule has 0 radical (unpaired) electrons. The summed E-state index contributed by atoms with van der Waals surface area (Å²) in [6, 6.07) is 0. The summed E-state index contributed by atoms with van der Waals surface area (Å²) in [4.78, 5) is 22.8. The highest BCUT2D eigenvalue weighted by Crippen LogP contribution is 2.10. The summed E-state index contributed by atoms with van der Waals surface area (Å²) in [5.74, 6) is -0.0442. The van der Waals surface area contributed by atoms with Crippen molar-refractivity contribution < 1.29 is 14.3 Å². The van der Waals surface area contributed by atoms with Gasteiger partial charge in [0, 0.05) is 32.6 Å². The molecule has 0 aromatic heterocycles. The van der Waals surface area contributed by atoms with Gasteiger partial charge in [-0.1, -0.05) is 0 Å². The fourth-order valence-electron chi connectivity index (χ4n) is 2.07. The number of hydrogen-bond donors (Lipinski definition) is 3. The summed E-state index contributed by atoms with van der Waals surface area (Å²) in [5.41, 5.74) is 0. The van der Waals surface area contributed by atoms with Crippen LogP contribution in [0.5, 0.6) is 0 Å². The molecule has 0 spiro atoms. The Kier molecular flexibility index (Phi) is 4.33. The maximum Gasteiger partial charge on any atom is 0.224 e. The van der Waals surface area contributed by atoms with Crippen LogP contribution in [0.15, 0.2) is 0 Å². The lowest BCUT2D eigenvalue weighted by atomic mass is 9.98. The second-order valence-corrected chi connectivity index (χ2v) is 4.48. The van der Waals surface area contributed by atoms with Gasteiger partial charge < -0.3 is 20.7 Å². The van der Waals surface area contributed by atoms with Crippen LogP contribution in [-0.4, -0.2) is 50.7 Å². The van der Waals surface area contributed by atoms with Gasteiger partial charge in [-0.05, 0) is 6.42 Å². The molecule has 0 aromatic rings. The van der Waals surface area contributed by atoms with E-state index in [1.165, 1.54) is 0 Å². The van der Waals surface area contributed by atoms with Crippen molar-refractivity contribution in [1.82, 2.24) is 16.0 Å². The first-order valence-corrected chi connectivity index (χ1v) is 6.12. The minimum atomic E-state index is -0.0933. The van der Waals surface area contributed by atoms with Crippen molar-refractivity contribution >= 4 is 11.8 Å². The summed E-state index contributed by atoms with van der Waals surface area (Å²) >= 11 is 0. The SMILES string of the molecule is O=C1CCC(C(=O)NCC2CNCCO2)CN1. The van der Waals surface area contributed by atoms with Gasteiger partial charge in [-0.15, -0.1) is 0 Å². The number of amides is 2. The third kappa shape index (κ3) is 3.67. The molecule has 2 atom stereocenters. The van der Waals surface area contributed by atoms with Gasteiger partial charge in [0.1, 0.15) is 0 Å². The summed E-state index contributed by atoms with van der Waals surface area (Å²) in [7, 11) is 0. The Morgan fingerprint density at radius 2 is 2.35 bits per heavy atom.